The molecule has 0 aliphatic carbocycles. The van der Waals surface area contributed by atoms with E-state index in [1.807, 2.05) is 39.8 Å². The number of hydrogen-bond acceptors (Lipinski definition) is 3. The van der Waals surface area contributed by atoms with Crippen molar-refractivity contribution < 1.29 is 14.3 Å². The van der Waals surface area contributed by atoms with Crippen LogP contribution in [0.5, 0.6) is 11.5 Å². The summed E-state index contributed by atoms with van der Waals surface area (Å²) in [6, 6.07) is 3.72. The maximum absolute atomic E-state index is 11.2. The molecule has 0 aliphatic rings. The fourth-order valence-corrected chi connectivity index (χ4v) is 2.46. The largest absolute Gasteiger partial charge is 0.490 e. The van der Waals surface area contributed by atoms with Gasteiger partial charge in [-0.2, -0.15) is 0 Å². The monoisotopic (exact) mass is 314 g/mol. The van der Waals surface area contributed by atoms with Crippen LogP contribution in [0.3, 0.4) is 0 Å². The minimum absolute atomic E-state index is 0.558. The van der Waals surface area contributed by atoms with E-state index in [0.29, 0.717) is 24.7 Å². The Balaban J connectivity index is 3.30. The van der Waals surface area contributed by atoms with Gasteiger partial charge in [-0.05, 0) is 45.4 Å². The number of halogens is 1. The first-order chi connectivity index (χ1) is 8.46. The van der Waals surface area contributed by atoms with Crippen LogP contribution in [-0.2, 0) is 10.2 Å². The van der Waals surface area contributed by atoms with Crippen LogP contribution in [0.1, 0.15) is 33.3 Å². The molecule has 1 aromatic rings. The van der Waals surface area contributed by atoms with E-state index in [4.69, 9.17) is 9.47 Å². The normalized spacial score (nSPS) is 11.2. The summed E-state index contributed by atoms with van der Waals surface area (Å²) in [6.45, 7) is 8.72. The van der Waals surface area contributed by atoms with Gasteiger partial charge in [0.1, 0.15) is 6.29 Å². The van der Waals surface area contributed by atoms with Crippen molar-refractivity contribution >= 4 is 22.2 Å². The lowest BCUT2D eigenvalue weighted by Gasteiger charge is -2.22. The number of rotatable bonds is 6. The fourth-order valence-electron chi connectivity index (χ4n) is 1.63. The predicted molar refractivity (Wildman–Crippen MR) is 75.6 cm³/mol. The molecule has 1 aromatic carbocycles. The van der Waals surface area contributed by atoms with E-state index in [1.165, 1.54) is 0 Å². The van der Waals surface area contributed by atoms with Crippen molar-refractivity contribution in [2.45, 2.75) is 33.1 Å². The second kappa shape index (κ2) is 6.23. The van der Waals surface area contributed by atoms with Crippen LogP contribution in [0.25, 0.3) is 0 Å². The number of carbonyl (C=O) groups excluding carboxylic acids is 1. The van der Waals surface area contributed by atoms with Gasteiger partial charge >= 0.3 is 0 Å². The number of ether oxygens (including phenoxy) is 2. The molecule has 0 saturated heterocycles. The molecule has 0 saturated carbocycles. The second-order valence-electron chi connectivity index (χ2n) is 4.48. The Bertz CT molecular complexity index is 427. The van der Waals surface area contributed by atoms with E-state index in [-0.39, 0.29) is 0 Å². The first-order valence-electron chi connectivity index (χ1n) is 6.02. The Labute approximate surface area is 117 Å². The molecular formula is C14H19BrO3. The molecule has 0 heterocycles. The van der Waals surface area contributed by atoms with E-state index >= 15 is 0 Å². The van der Waals surface area contributed by atoms with Gasteiger partial charge < -0.3 is 14.3 Å². The van der Waals surface area contributed by atoms with Crippen molar-refractivity contribution in [1.82, 2.24) is 0 Å². The summed E-state index contributed by atoms with van der Waals surface area (Å²) in [7, 11) is 0. The first kappa shape index (κ1) is 15.0. The third-order valence-corrected chi connectivity index (χ3v) is 3.28. The lowest BCUT2D eigenvalue weighted by molar-refractivity contribution is -0.111. The Morgan fingerprint density at radius 3 is 2.11 bits per heavy atom. The molecule has 1 rings (SSSR count). The SMILES string of the molecule is CCOc1cc(Br)c(C(C)(C)C=O)cc1OCC. The van der Waals surface area contributed by atoms with Crippen molar-refractivity contribution in [3.63, 3.8) is 0 Å². The minimum atomic E-state index is -0.560. The summed E-state index contributed by atoms with van der Waals surface area (Å²) in [5.74, 6) is 1.36. The number of hydrogen-bond donors (Lipinski definition) is 0. The van der Waals surface area contributed by atoms with Crippen LogP contribution in [-0.4, -0.2) is 19.5 Å². The van der Waals surface area contributed by atoms with Gasteiger partial charge in [0.15, 0.2) is 11.5 Å². The lowest BCUT2D eigenvalue weighted by atomic mass is 9.86. The van der Waals surface area contributed by atoms with Crippen LogP contribution in [0.2, 0.25) is 0 Å². The summed E-state index contributed by atoms with van der Waals surface area (Å²) in [4.78, 5) is 11.2. The van der Waals surface area contributed by atoms with Gasteiger partial charge in [0.2, 0.25) is 0 Å². The zero-order valence-corrected chi connectivity index (χ0v) is 12.8. The number of carbonyl (C=O) groups is 1. The topological polar surface area (TPSA) is 35.5 Å². The van der Waals surface area contributed by atoms with E-state index < -0.39 is 5.41 Å². The highest BCUT2D eigenvalue weighted by Gasteiger charge is 2.24. The van der Waals surface area contributed by atoms with E-state index in [1.54, 1.807) is 0 Å². The third-order valence-electron chi connectivity index (χ3n) is 2.62. The molecule has 0 radical (unpaired) electrons. The molecule has 0 bridgehead atoms. The highest BCUT2D eigenvalue weighted by molar-refractivity contribution is 9.10. The van der Waals surface area contributed by atoms with Crippen LogP contribution >= 0.6 is 15.9 Å². The van der Waals surface area contributed by atoms with Gasteiger partial charge in [0.05, 0.1) is 13.2 Å². The Morgan fingerprint density at radius 2 is 1.67 bits per heavy atom. The van der Waals surface area contributed by atoms with Crippen molar-refractivity contribution in [2.75, 3.05) is 13.2 Å². The summed E-state index contributed by atoms with van der Waals surface area (Å²) in [6.07, 6.45) is 0.934. The molecular weight excluding hydrogens is 296 g/mol. The van der Waals surface area contributed by atoms with Crippen molar-refractivity contribution in [3.05, 3.63) is 22.2 Å². The maximum Gasteiger partial charge on any atom is 0.162 e. The molecule has 0 fully saturated rings. The Hall–Kier alpha value is -1.03. The van der Waals surface area contributed by atoms with Crippen LogP contribution in [0.15, 0.2) is 16.6 Å². The van der Waals surface area contributed by atoms with E-state index in [9.17, 15) is 4.79 Å². The fraction of sp³-hybridized carbons (Fsp3) is 0.500. The van der Waals surface area contributed by atoms with Crippen LogP contribution < -0.4 is 9.47 Å². The minimum Gasteiger partial charge on any atom is -0.490 e. The molecule has 0 N–H and O–H groups in total. The van der Waals surface area contributed by atoms with Gasteiger partial charge in [0, 0.05) is 9.89 Å². The van der Waals surface area contributed by atoms with E-state index in [2.05, 4.69) is 15.9 Å². The van der Waals surface area contributed by atoms with Crippen molar-refractivity contribution in [2.24, 2.45) is 0 Å². The van der Waals surface area contributed by atoms with Crippen molar-refractivity contribution in [1.29, 1.82) is 0 Å². The summed E-state index contributed by atoms with van der Waals surface area (Å²) in [5, 5.41) is 0. The summed E-state index contributed by atoms with van der Waals surface area (Å²) in [5.41, 5.74) is 0.333. The smallest absolute Gasteiger partial charge is 0.162 e. The quantitative estimate of drug-likeness (QED) is 0.751. The molecule has 0 aromatic heterocycles. The highest BCUT2D eigenvalue weighted by atomic mass is 79.9. The summed E-state index contributed by atoms with van der Waals surface area (Å²) >= 11 is 3.48. The molecule has 18 heavy (non-hydrogen) atoms. The molecule has 3 nitrogen and oxygen atoms in total. The van der Waals surface area contributed by atoms with Gasteiger partial charge in [-0.1, -0.05) is 15.9 Å². The second-order valence-corrected chi connectivity index (χ2v) is 5.34. The average Bonchev–Trinajstić information content (AvgIpc) is 2.32. The molecule has 0 unspecified atom stereocenters. The van der Waals surface area contributed by atoms with Crippen LogP contribution in [0.4, 0.5) is 0 Å². The summed E-state index contributed by atoms with van der Waals surface area (Å²) < 4.78 is 11.9. The molecule has 100 valence electrons. The maximum atomic E-state index is 11.2. The molecule has 0 amide bonds. The standard InChI is InChI=1S/C14H19BrO3/c1-5-17-12-7-10(14(3,4)9-16)11(15)8-13(12)18-6-2/h7-9H,5-6H2,1-4H3. The van der Waals surface area contributed by atoms with Gasteiger partial charge in [-0.3, -0.25) is 0 Å². The zero-order valence-electron chi connectivity index (χ0n) is 11.2. The molecule has 4 heteroatoms. The highest BCUT2D eigenvalue weighted by Crippen LogP contribution is 2.38. The van der Waals surface area contributed by atoms with Gasteiger partial charge in [0.25, 0.3) is 0 Å². The van der Waals surface area contributed by atoms with Crippen LogP contribution in [0, 0.1) is 0 Å². The Morgan fingerprint density at radius 1 is 1.17 bits per heavy atom. The zero-order chi connectivity index (χ0) is 13.8. The molecule has 0 spiro atoms. The van der Waals surface area contributed by atoms with Gasteiger partial charge in [-0.15, -0.1) is 0 Å². The lowest BCUT2D eigenvalue weighted by Crippen LogP contribution is -2.19. The van der Waals surface area contributed by atoms with Crippen molar-refractivity contribution in [3.8, 4) is 11.5 Å². The third kappa shape index (κ3) is 3.25. The Kier molecular flexibility index (Phi) is 5.20. The number of aldehydes is 1. The number of benzene rings is 1. The molecule has 0 atom stereocenters. The predicted octanol–water partition coefficient (Wildman–Crippen LogP) is 3.72. The van der Waals surface area contributed by atoms with E-state index in [0.717, 1.165) is 16.3 Å². The average molecular weight is 315 g/mol. The molecule has 0 aliphatic heterocycles. The van der Waals surface area contributed by atoms with Gasteiger partial charge in [-0.25, -0.2) is 0 Å². The first-order valence-corrected chi connectivity index (χ1v) is 6.81.